The van der Waals surface area contributed by atoms with Crippen LogP contribution in [0.5, 0.6) is 0 Å². The van der Waals surface area contributed by atoms with Crippen molar-refractivity contribution in [3.8, 4) is 0 Å². The average molecular weight is 256 g/mol. The van der Waals surface area contributed by atoms with Gasteiger partial charge in [-0.25, -0.2) is 0 Å². The first-order valence-corrected chi connectivity index (χ1v) is 6.42. The molecule has 98 valence electrons. The van der Waals surface area contributed by atoms with E-state index in [0.717, 1.165) is 35.3 Å². The first-order valence-electron chi connectivity index (χ1n) is 6.42. The van der Waals surface area contributed by atoms with Crippen LogP contribution in [0.1, 0.15) is 28.1 Å². The van der Waals surface area contributed by atoms with Crippen LogP contribution < -0.4 is 10.6 Å². The molecule has 0 saturated heterocycles. The van der Waals surface area contributed by atoms with E-state index in [1.807, 2.05) is 25.1 Å². The number of benzene rings is 1. The number of hydrogen-bond donors (Lipinski definition) is 1. The van der Waals surface area contributed by atoms with Crippen molar-refractivity contribution in [2.45, 2.75) is 19.8 Å². The van der Waals surface area contributed by atoms with Gasteiger partial charge < -0.3 is 15.1 Å². The van der Waals surface area contributed by atoms with Crippen molar-refractivity contribution in [2.24, 2.45) is 0 Å². The van der Waals surface area contributed by atoms with Gasteiger partial charge in [0.1, 0.15) is 0 Å². The van der Waals surface area contributed by atoms with Gasteiger partial charge in [-0.1, -0.05) is 6.07 Å². The third kappa shape index (κ3) is 1.89. The molecule has 2 aromatic rings. The number of hydrogen-bond acceptors (Lipinski definition) is 3. The number of nitrogens with two attached hydrogens (primary N) is 1. The fourth-order valence-corrected chi connectivity index (χ4v) is 2.58. The molecule has 1 amide bonds. The minimum absolute atomic E-state index is 0.0888. The summed E-state index contributed by atoms with van der Waals surface area (Å²) in [6, 6.07) is 7.51. The number of fused-ring (bicyclic) bond motifs is 1. The molecule has 4 nitrogen and oxygen atoms in total. The molecule has 0 atom stereocenters. The lowest BCUT2D eigenvalue weighted by Gasteiger charge is -2.29. The molecular weight excluding hydrogens is 240 g/mol. The summed E-state index contributed by atoms with van der Waals surface area (Å²) in [7, 11) is 0. The summed E-state index contributed by atoms with van der Waals surface area (Å²) in [4.78, 5) is 14.3. The van der Waals surface area contributed by atoms with Crippen molar-refractivity contribution < 1.29 is 9.21 Å². The van der Waals surface area contributed by atoms with Gasteiger partial charge >= 0.3 is 0 Å². The molecule has 1 aliphatic heterocycles. The first kappa shape index (κ1) is 11.8. The molecule has 19 heavy (non-hydrogen) atoms. The second kappa shape index (κ2) is 4.46. The maximum absolute atomic E-state index is 12.5. The molecule has 0 aliphatic carbocycles. The molecular formula is C15H16N2O2. The lowest BCUT2D eigenvalue weighted by molar-refractivity contribution is 0.0957. The predicted molar refractivity (Wildman–Crippen MR) is 74.3 cm³/mol. The van der Waals surface area contributed by atoms with Gasteiger partial charge in [-0.05, 0) is 43.5 Å². The van der Waals surface area contributed by atoms with Crippen molar-refractivity contribution >= 4 is 17.3 Å². The predicted octanol–water partition coefficient (Wildman–Crippen LogP) is 2.76. The van der Waals surface area contributed by atoms with Crippen molar-refractivity contribution in [3.05, 3.63) is 47.4 Å². The van der Waals surface area contributed by atoms with E-state index in [2.05, 4.69) is 0 Å². The van der Waals surface area contributed by atoms with Crippen LogP contribution in [0.2, 0.25) is 0 Å². The van der Waals surface area contributed by atoms with Crippen LogP contribution in [0.15, 0.2) is 34.9 Å². The Morgan fingerprint density at radius 1 is 1.37 bits per heavy atom. The molecule has 0 saturated carbocycles. The van der Waals surface area contributed by atoms with Gasteiger partial charge in [0.25, 0.3) is 5.91 Å². The van der Waals surface area contributed by atoms with Crippen molar-refractivity contribution in [1.29, 1.82) is 0 Å². The van der Waals surface area contributed by atoms with Crippen molar-refractivity contribution in [2.75, 3.05) is 17.2 Å². The number of carbonyl (C=O) groups excluding carboxylic acids is 1. The van der Waals surface area contributed by atoms with E-state index >= 15 is 0 Å². The third-order valence-corrected chi connectivity index (χ3v) is 3.59. The Balaban J connectivity index is 2.03. The second-order valence-corrected chi connectivity index (χ2v) is 4.84. The normalized spacial score (nSPS) is 14.3. The van der Waals surface area contributed by atoms with E-state index in [1.54, 1.807) is 17.2 Å². The van der Waals surface area contributed by atoms with Gasteiger partial charge in [-0.2, -0.15) is 0 Å². The van der Waals surface area contributed by atoms with Crippen LogP contribution in [0.3, 0.4) is 0 Å². The highest BCUT2D eigenvalue weighted by Crippen LogP contribution is 2.32. The molecule has 2 heterocycles. The van der Waals surface area contributed by atoms with Crippen molar-refractivity contribution in [1.82, 2.24) is 0 Å². The van der Waals surface area contributed by atoms with Crippen LogP contribution in [0.25, 0.3) is 0 Å². The molecule has 2 N–H and O–H groups in total. The summed E-state index contributed by atoms with van der Waals surface area (Å²) in [5.41, 5.74) is 9.58. The molecule has 4 heteroatoms. The van der Waals surface area contributed by atoms with Gasteiger partial charge in [0.15, 0.2) is 5.76 Å². The molecule has 1 aliphatic rings. The van der Waals surface area contributed by atoms with E-state index in [-0.39, 0.29) is 5.91 Å². The molecule has 1 aromatic carbocycles. The van der Waals surface area contributed by atoms with E-state index < -0.39 is 0 Å². The number of nitrogens with zero attached hydrogens (tertiary/aromatic N) is 1. The van der Waals surface area contributed by atoms with Gasteiger partial charge in [-0.15, -0.1) is 0 Å². The average Bonchev–Trinajstić information content (AvgIpc) is 2.84. The summed E-state index contributed by atoms with van der Waals surface area (Å²) >= 11 is 0. The van der Waals surface area contributed by atoms with Crippen molar-refractivity contribution in [3.63, 3.8) is 0 Å². The quantitative estimate of drug-likeness (QED) is 0.798. The summed E-state index contributed by atoms with van der Waals surface area (Å²) < 4.78 is 5.30. The van der Waals surface area contributed by atoms with Crippen LogP contribution in [0, 0.1) is 6.92 Å². The first-order chi connectivity index (χ1) is 9.18. The fourth-order valence-electron chi connectivity index (χ4n) is 2.58. The van der Waals surface area contributed by atoms with Gasteiger partial charge in [0, 0.05) is 23.5 Å². The van der Waals surface area contributed by atoms with E-state index in [9.17, 15) is 4.79 Å². The van der Waals surface area contributed by atoms with Crippen LogP contribution in [0.4, 0.5) is 11.4 Å². The second-order valence-electron chi connectivity index (χ2n) is 4.84. The highest BCUT2D eigenvalue weighted by atomic mass is 16.3. The number of aryl methyl sites for hydroxylation is 1. The summed E-state index contributed by atoms with van der Waals surface area (Å²) in [6.45, 7) is 2.58. The number of anilines is 2. The molecule has 0 fully saturated rings. The minimum Gasteiger partial charge on any atom is -0.459 e. The largest absolute Gasteiger partial charge is 0.459 e. The Kier molecular flexibility index (Phi) is 2.78. The molecule has 1 aromatic heterocycles. The number of furan rings is 1. The molecule has 0 bridgehead atoms. The lowest BCUT2D eigenvalue weighted by atomic mass is 9.99. The Bertz CT molecular complexity index is 631. The molecule has 3 rings (SSSR count). The minimum atomic E-state index is -0.0888. The van der Waals surface area contributed by atoms with Crippen LogP contribution in [-0.2, 0) is 6.42 Å². The standard InChI is InChI=1S/C15H16N2O2/c1-10-7-9-19-14(10)15(18)17-8-3-4-11-12(16)5-2-6-13(11)17/h2,5-7,9H,3-4,8,16H2,1H3. The summed E-state index contributed by atoms with van der Waals surface area (Å²) in [5, 5.41) is 0. The number of rotatable bonds is 1. The van der Waals surface area contributed by atoms with Gasteiger partial charge in [0.05, 0.1) is 6.26 Å². The highest BCUT2D eigenvalue weighted by Gasteiger charge is 2.27. The summed E-state index contributed by atoms with van der Waals surface area (Å²) in [6.07, 6.45) is 3.39. The lowest BCUT2D eigenvalue weighted by Crippen LogP contribution is -2.35. The molecule has 0 spiro atoms. The third-order valence-electron chi connectivity index (χ3n) is 3.59. The Morgan fingerprint density at radius 3 is 2.95 bits per heavy atom. The van der Waals surface area contributed by atoms with Crippen LogP contribution >= 0.6 is 0 Å². The fraction of sp³-hybridized carbons (Fsp3) is 0.267. The zero-order chi connectivity index (χ0) is 13.4. The number of carbonyl (C=O) groups is 1. The zero-order valence-electron chi connectivity index (χ0n) is 10.8. The smallest absolute Gasteiger partial charge is 0.294 e. The SMILES string of the molecule is Cc1ccoc1C(=O)N1CCCc2c(N)cccc21. The Hall–Kier alpha value is -2.23. The summed E-state index contributed by atoms with van der Waals surface area (Å²) in [5.74, 6) is 0.323. The molecule has 0 radical (unpaired) electrons. The maximum Gasteiger partial charge on any atom is 0.294 e. The highest BCUT2D eigenvalue weighted by molar-refractivity contribution is 6.06. The van der Waals surface area contributed by atoms with E-state index in [1.165, 1.54) is 0 Å². The van der Waals surface area contributed by atoms with Gasteiger partial charge in [-0.3, -0.25) is 4.79 Å². The maximum atomic E-state index is 12.5. The van der Waals surface area contributed by atoms with E-state index in [4.69, 9.17) is 10.2 Å². The topological polar surface area (TPSA) is 59.5 Å². The van der Waals surface area contributed by atoms with E-state index in [0.29, 0.717) is 12.3 Å². The molecule has 0 unspecified atom stereocenters. The van der Waals surface area contributed by atoms with Crippen LogP contribution in [-0.4, -0.2) is 12.5 Å². The monoisotopic (exact) mass is 256 g/mol. The van der Waals surface area contributed by atoms with Gasteiger partial charge in [0.2, 0.25) is 0 Å². The zero-order valence-corrected chi connectivity index (χ0v) is 10.8. The number of nitrogen functional groups attached to an aromatic ring is 1. The Labute approximate surface area is 111 Å². The number of amides is 1. The Morgan fingerprint density at radius 2 is 2.21 bits per heavy atom.